The third-order valence-electron chi connectivity index (χ3n) is 5.90. The highest BCUT2D eigenvalue weighted by atomic mass is 16.5. The quantitative estimate of drug-likeness (QED) is 0.459. The van der Waals surface area contributed by atoms with Gasteiger partial charge in [0.15, 0.2) is 0 Å². The average molecular weight is 474 g/mol. The van der Waals surface area contributed by atoms with Crippen LogP contribution in [0, 0.1) is 0 Å². The first-order valence-electron chi connectivity index (χ1n) is 11.2. The Balaban J connectivity index is 1.41. The summed E-state index contributed by atoms with van der Waals surface area (Å²) >= 11 is 0. The molecule has 0 saturated heterocycles. The van der Waals surface area contributed by atoms with E-state index >= 15 is 0 Å². The Hall–Kier alpha value is -4.17. The van der Waals surface area contributed by atoms with E-state index in [1.54, 1.807) is 19.0 Å². The summed E-state index contributed by atoms with van der Waals surface area (Å²) in [7, 11) is 3.59. The highest BCUT2D eigenvalue weighted by molar-refractivity contribution is 5.97. The van der Waals surface area contributed by atoms with Crippen LogP contribution < -0.4 is 10.6 Å². The molecule has 0 bridgehead atoms. The van der Waals surface area contributed by atoms with Crippen LogP contribution in [-0.4, -0.2) is 61.3 Å². The van der Waals surface area contributed by atoms with Crippen LogP contribution >= 0.6 is 0 Å². The van der Waals surface area contributed by atoms with Crippen molar-refractivity contribution in [1.29, 1.82) is 0 Å². The van der Waals surface area contributed by atoms with Crippen molar-refractivity contribution in [2.45, 2.75) is 12.0 Å². The Kier molecular flexibility index (Phi) is 7.12. The van der Waals surface area contributed by atoms with Gasteiger partial charge in [-0.05, 0) is 60.6 Å². The Labute approximate surface area is 203 Å². The van der Waals surface area contributed by atoms with E-state index in [1.807, 2.05) is 36.4 Å². The van der Waals surface area contributed by atoms with Crippen molar-refractivity contribution < 1.29 is 24.2 Å². The van der Waals surface area contributed by atoms with Gasteiger partial charge in [0.05, 0.1) is 5.56 Å². The second-order valence-corrected chi connectivity index (χ2v) is 8.66. The largest absolute Gasteiger partial charge is 0.478 e. The number of likely N-dealkylation sites (N-methyl/N-ethyl adjacent to an activating group) is 1. The normalized spacial score (nSPS) is 13.0. The number of carboxylic acid groups (broad SMARTS) is 1. The minimum absolute atomic E-state index is 0.0815. The molecule has 4 rings (SSSR count). The molecule has 35 heavy (non-hydrogen) atoms. The molecule has 180 valence electrons. The predicted octanol–water partition coefficient (Wildman–Crippen LogP) is 3.79. The van der Waals surface area contributed by atoms with Crippen LogP contribution in [0.1, 0.15) is 27.4 Å². The van der Waals surface area contributed by atoms with Gasteiger partial charge < -0.3 is 25.4 Å². The van der Waals surface area contributed by atoms with Crippen molar-refractivity contribution in [2.75, 3.05) is 32.6 Å². The van der Waals surface area contributed by atoms with Crippen LogP contribution in [0.25, 0.3) is 11.1 Å². The number of anilines is 1. The molecule has 8 nitrogen and oxygen atoms in total. The fourth-order valence-corrected chi connectivity index (χ4v) is 4.27. The second-order valence-electron chi connectivity index (χ2n) is 8.66. The number of benzene rings is 3. The van der Waals surface area contributed by atoms with Crippen molar-refractivity contribution in [2.24, 2.45) is 0 Å². The average Bonchev–Trinajstić information content (AvgIpc) is 3.16. The molecular formula is C27H27N3O5. The van der Waals surface area contributed by atoms with Crippen LogP contribution in [0.5, 0.6) is 0 Å². The molecule has 3 aromatic carbocycles. The number of rotatable bonds is 8. The summed E-state index contributed by atoms with van der Waals surface area (Å²) in [6, 6.07) is 21.1. The molecule has 3 N–H and O–H groups in total. The predicted molar refractivity (Wildman–Crippen MR) is 133 cm³/mol. The van der Waals surface area contributed by atoms with E-state index in [9.17, 15) is 14.4 Å². The van der Waals surface area contributed by atoms with Gasteiger partial charge in [-0.1, -0.05) is 48.5 Å². The van der Waals surface area contributed by atoms with Crippen molar-refractivity contribution >= 4 is 23.7 Å². The summed E-state index contributed by atoms with van der Waals surface area (Å²) < 4.78 is 5.58. The molecule has 0 fully saturated rings. The standard InChI is InChI=1S/C27H27N3O5/c1-30(2)15-24(25(31)28-18-13-11-17(12-14-18)26(32)33)29-27(34)35-16-23-21-9-5-3-7-19(21)20-8-4-6-10-22(20)23/h3-14,23-24H,15-16H2,1-2H3,(H,28,31)(H,29,34)(H,32,33). The number of hydrogen-bond donors (Lipinski definition) is 3. The lowest BCUT2D eigenvalue weighted by molar-refractivity contribution is -0.118. The fraction of sp³-hybridized carbons (Fsp3) is 0.222. The van der Waals surface area contributed by atoms with Crippen molar-refractivity contribution in [3.05, 3.63) is 89.5 Å². The topological polar surface area (TPSA) is 108 Å². The van der Waals surface area contributed by atoms with E-state index < -0.39 is 24.0 Å². The summed E-state index contributed by atoms with van der Waals surface area (Å²) in [6.45, 7) is 0.399. The zero-order chi connectivity index (χ0) is 24.9. The minimum atomic E-state index is -1.05. The molecule has 1 aliphatic rings. The first-order valence-corrected chi connectivity index (χ1v) is 11.2. The van der Waals surface area contributed by atoms with Gasteiger partial charge in [0, 0.05) is 18.2 Å². The molecule has 0 radical (unpaired) electrons. The number of aromatic carboxylic acids is 1. The van der Waals surface area contributed by atoms with Gasteiger partial charge in [-0.25, -0.2) is 9.59 Å². The zero-order valence-electron chi connectivity index (χ0n) is 19.5. The maximum absolute atomic E-state index is 12.9. The van der Waals surface area contributed by atoms with Crippen LogP contribution in [0.2, 0.25) is 0 Å². The first-order chi connectivity index (χ1) is 16.8. The maximum atomic E-state index is 12.9. The van der Waals surface area contributed by atoms with E-state index in [1.165, 1.54) is 24.3 Å². The monoisotopic (exact) mass is 473 g/mol. The Morgan fingerprint density at radius 1 is 0.914 bits per heavy atom. The van der Waals surface area contributed by atoms with Crippen molar-refractivity contribution in [3.63, 3.8) is 0 Å². The molecule has 0 aliphatic heterocycles. The molecule has 1 unspecified atom stereocenters. The number of alkyl carbamates (subject to hydrolysis) is 1. The van der Waals surface area contributed by atoms with E-state index in [-0.39, 0.29) is 24.6 Å². The van der Waals surface area contributed by atoms with Gasteiger partial charge in [0.2, 0.25) is 5.91 Å². The number of fused-ring (bicyclic) bond motifs is 3. The summed E-state index contributed by atoms with van der Waals surface area (Å²) in [4.78, 5) is 38.4. The summed E-state index contributed by atoms with van der Waals surface area (Å²) in [5.41, 5.74) is 5.03. The molecule has 0 aromatic heterocycles. The maximum Gasteiger partial charge on any atom is 0.407 e. The van der Waals surface area contributed by atoms with E-state index in [4.69, 9.17) is 9.84 Å². The van der Waals surface area contributed by atoms with Gasteiger partial charge in [-0.2, -0.15) is 0 Å². The number of hydrogen-bond acceptors (Lipinski definition) is 5. The molecule has 1 aliphatic carbocycles. The summed E-state index contributed by atoms with van der Waals surface area (Å²) in [5.74, 6) is -1.57. The van der Waals surface area contributed by atoms with Crippen molar-refractivity contribution in [1.82, 2.24) is 10.2 Å². The number of nitrogens with one attached hydrogen (secondary N) is 2. The molecular weight excluding hydrogens is 446 g/mol. The molecule has 0 heterocycles. The molecule has 0 spiro atoms. The van der Waals surface area contributed by atoms with Crippen molar-refractivity contribution in [3.8, 4) is 11.1 Å². The first kappa shape index (κ1) is 24.0. The number of carbonyl (C=O) groups excluding carboxylic acids is 2. The highest BCUT2D eigenvalue weighted by Gasteiger charge is 2.30. The SMILES string of the molecule is CN(C)CC(NC(=O)OCC1c2ccccc2-c2ccccc21)C(=O)Nc1ccc(C(=O)O)cc1. The second kappa shape index (κ2) is 10.4. The molecule has 8 heteroatoms. The fourth-order valence-electron chi connectivity index (χ4n) is 4.27. The van der Waals surface area contributed by atoms with Crippen LogP contribution in [0.3, 0.4) is 0 Å². The number of amides is 2. The Morgan fingerprint density at radius 2 is 1.49 bits per heavy atom. The van der Waals surface area contributed by atoms with Crippen LogP contribution in [0.15, 0.2) is 72.8 Å². The number of nitrogens with zero attached hydrogens (tertiary/aromatic N) is 1. The Morgan fingerprint density at radius 3 is 2.03 bits per heavy atom. The smallest absolute Gasteiger partial charge is 0.407 e. The molecule has 0 saturated carbocycles. The summed E-state index contributed by atoms with van der Waals surface area (Å²) in [6.07, 6.45) is -0.685. The third-order valence-corrected chi connectivity index (χ3v) is 5.90. The lowest BCUT2D eigenvalue weighted by Gasteiger charge is -2.22. The number of carbonyl (C=O) groups is 3. The van der Waals surface area contributed by atoms with Gasteiger partial charge in [0.25, 0.3) is 0 Å². The van der Waals surface area contributed by atoms with Gasteiger partial charge >= 0.3 is 12.1 Å². The number of ether oxygens (including phenoxy) is 1. The Bertz CT molecular complexity index is 1190. The lowest BCUT2D eigenvalue weighted by Crippen LogP contribution is -2.49. The zero-order valence-corrected chi connectivity index (χ0v) is 19.5. The molecule has 1 atom stereocenters. The molecule has 2 amide bonds. The van der Waals surface area contributed by atoms with E-state index in [0.29, 0.717) is 5.69 Å². The van der Waals surface area contributed by atoms with E-state index in [2.05, 4.69) is 22.8 Å². The van der Waals surface area contributed by atoms with Gasteiger partial charge in [-0.15, -0.1) is 0 Å². The van der Waals surface area contributed by atoms with Gasteiger partial charge in [-0.3, -0.25) is 4.79 Å². The number of carboxylic acids is 1. The third kappa shape index (κ3) is 5.50. The van der Waals surface area contributed by atoms with Gasteiger partial charge in [0.1, 0.15) is 12.6 Å². The van der Waals surface area contributed by atoms with E-state index in [0.717, 1.165) is 22.3 Å². The van der Waals surface area contributed by atoms with Crippen LogP contribution in [0.4, 0.5) is 10.5 Å². The van der Waals surface area contributed by atoms with Crippen LogP contribution in [-0.2, 0) is 9.53 Å². The summed E-state index contributed by atoms with van der Waals surface area (Å²) in [5, 5.41) is 14.4. The molecule has 3 aromatic rings. The minimum Gasteiger partial charge on any atom is -0.478 e. The highest BCUT2D eigenvalue weighted by Crippen LogP contribution is 2.44. The lowest BCUT2D eigenvalue weighted by atomic mass is 9.98.